The van der Waals surface area contributed by atoms with Gasteiger partial charge in [-0.1, -0.05) is 17.8 Å². The van der Waals surface area contributed by atoms with Gasteiger partial charge in [-0.25, -0.2) is 0 Å². The van der Waals surface area contributed by atoms with Gasteiger partial charge in [-0.2, -0.15) is 0 Å². The molecule has 0 spiro atoms. The first-order valence-electron chi connectivity index (χ1n) is 10.4. The SMILES string of the molecule is C[C@@H](O)[C@H]1C(=O)N2C(C(=O)Cl)=C(S[C@@H]3CN[C@H](/C=C\C4=CN5CN(C)C=C5S4)C3)C[C@@H]12. The molecule has 2 N–H and O–H groups in total. The number of nitrogens with one attached hydrogen (secondary N) is 1. The normalized spacial score (nSPS) is 33.2. The molecular formula is C21H25ClN4O3S2. The molecule has 0 aliphatic carbocycles. The predicted octanol–water partition coefficient (Wildman–Crippen LogP) is 2.19. The first-order valence-corrected chi connectivity index (χ1v) is 12.5. The lowest BCUT2D eigenvalue weighted by Gasteiger charge is -2.44. The fourth-order valence-electron chi connectivity index (χ4n) is 4.88. The number of allylic oxidation sites excluding steroid dienone is 2. The highest BCUT2D eigenvalue weighted by Gasteiger charge is 2.56. The molecule has 0 aromatic rings. The van der Waals surface area contributed by atoms with Gasteiger partial charge in [-0.05, 0) is 31.0 Å². The Bertz CT molecular complexity index is 947. The van der Waals surface area contributed by atoms with Crippen molar-refractivity contribution in [1.29, 1.82) is 0 Å². The molecule has 10 heteroatoms. The minimum absolute atomic E-state index is 0.146. The molecule has 0 aromatic heterocycles. The lowest BCUT2D eigenvalue weighted by atomic mass is 9.83. The smallest absolute Gasteiger partial charge is 0.269 e. The molecule has 5 aliphatic rings. The van der Waals surface area contributed by atoms with E-state index in [0.29, 0.717) is 17.4 Å². The van der Waals surface area contributed by atoms with E-state index in [9.17, 15) is 14.7 Å². The quantitative estimate of drug-likeness (QED) is 0.442. The molecule has 5 aliphatic heterocycles. The zero-order valence-corrected chi connectivity index (χ0v) is 19.7. The number of rotatable bonds is 6. The van der Waals surface area contributed by atoms with Gasteiger partial charge in [0.2, 0.25) is 5.91 Å². The summed E-state index contributed by atoms with van der Waals surface area (Å²) in [4.78, 5) is 32.5. The number of carbonyl (C=O) groups excluding carboxylic acids is 2. The van der Waals surface area contributed by atoms with Crippen LogP contribution >= 0.6 is 35.1 Å². The van der Waals surface area contributed by atoms with E-state index in [-0.39, 0.29) is 18.0 Å². The van der Waals surface area contributed by atoms with Crippen molar-refractivity contribution in [3.63, 3.8) is 0 Å². The first-order chi connectivity index (χ1) is 14.8. The summed E-state index contributed by atoms with van der Waals surface area (Å²) in [6, 6.07) is 0.124. The van der Waals surface area contributed by atoms with Crippen LogP contribution in [0.3, 0.4) is 0 Å². The number of nitrogens with zero attached hydrogens (tertiary/aromatic N) is 3. The molecule has 5 heterocycles. The molecule has 2 fully saturated rings. The summed E-state index contributed by atoms with van der Waals surface area (Å²) in [5, 5.41) is 14.4. The van der Waals surface area contributed by atoms with Crippen LogP contribution in [0.1, 0.15) is 19.8 Å². The van der Waals surface area contributed by atoms with Crippen molar-refractivity contribution >= 4 is 46.3 Å². The molecule has 2 saturated heterocycles. The summed E-state index contributed by atoms with van der Waals surface area (Å²) < 4.78 is 0. The number of hydrogen-bond acceptors (Lipinski definition) is 8. The second-order valence-electron chi connectivity index (χ2n) is 8.61. The summed E-state index contributed by atoms with van der Waals surface area (Å²) in [6.07, 6.45) is 9.54. The molecule has 0 saturated carbocycles. The Hall–Kier alpha value is -1.39. The Morgan fingerprint density at radius 1 is 1.45 bits per heavy atom. The van der Waals surface area contributed by atoms with E-state index >= 15 is 0 Å². The third kappa shape index (κ3) is 3.84. The first kappa shape index (κ1) is 21.5. The second kappa shape index (κ2) is 8.19. The van der Waals surface area contributed by atoms with Crippen LogP contribution in [-0.2, 0) is 9.59 Å². The molecule has 7 nitrogen and oxygen atoms in total. The molecular weight excluding hydrogens is 456 g/mol. The van der Waals surface area contributed by atoms with Crippen LogP contribution in [0.25, 0.3) is 0 Å². The zero-order chi connectivity index (χ0) is 21.9. The van der Waals surface area contributed by atoms with Crippen LogP contribution in [-0.4, -0.2) is 74.7 Å². The van der Waals surface area contributed by atoms with Crippen LogP contribution in [0.5, 0.6) is 0 Å². The van der Waals surface area contributed by atoms with E-state index in [2.05, 4.69) is 46.7 Å². The summed E-state index contributed by atoms with van der Waals surface area (Å²) in [7, 11) is 2.07. The van der Waals surface area contributed by atoms with E-state index in [1.807, 2.05) is 0 Å². The number of aliphatic hydroxyl groups excluding tert-OH is 1. The molecule has 0 aromatic carbocycles. The Labute approximate surface area is 195 Å². The third-order valence-corrected chi connectivity index (χ3v) is 8.84. The monoisotopic (exact) mass is 480 g/mol. The van der Waals surface area contributed by atoms with E-state index in [1.54, 1.807) is 30.4 Å². The van der Waals surface area contributed by atoms with Gasteiger partial charge < -0.3 is 25.1 Å². The van der Waals surface area contributed by atoms with Gasteiger partial charge in [0.1, 0.15) is 5.70 Å². The number of aliphatic hydroxyl groups is 1. The summed E-state index contributed by atoms with van der Waals surface area (Å²) in [5.74, 6) is -0.641. The molecule has 0 bridgehead atoms. The minimum Gasteiger partial charge on any atom is -0.393 e. The van der Waals surface area contributed by atoms with Crippen LogP contribution in [0.4, 0.5) is 0 Å². The van der Waals surface area contributed by atoms with Gasteiger partial charge in [-0.15, -0.1) is 11.8 Å². The van der Waals surface area contributed by atoms with E-state index < -0.39 is 17.3 Å². The van der Waals surface area contributed by atoms with Crippen LogP contribution in [0.15, 0.2) is 45.1 Å². The average molecular weight is 481 g/mol. The van der Waals surface area contributed by atoms with Gasteiger partial charge in [0.15, 0.2) is 0 Å². The Morgan fingerprint density at radius 2 is 2.26 bits per heavy atom. The van der Waals surface area contributed by atoms with E-state index in [1.165, 1.54) is 14.8 Å². The average Bonchev–Trinajstić information content (AvgIpc) is 3.42. The van der Waals surface area contributed by atoms with Crippen molar-refractivity contribution < 1.29 is 14.7 Å². The number of thioether (sulfide) groups is 2. The number of β-lactam (4-membered cyclic amide) rings is 1. The summed E-state index contributed by atoms with van der Waals surface area (Å²) in [5.41, 5.74) is 0.323. The van der Waals surface area contributed by atoms with Crippen molar-refractivity contribution in [3.8, 4) is 0 Å². The Balaban J connectivity index is 1.20. The van der Waals surface area contributed by atoms with E-state index in [0.717, 1.165) is 24.5 Å². The highest BCUT2D eigenvalue weighted by atomic mass is 35.5. The van der Waals surface area contributed by atoms with E-state index in [4.69, 9.17) is 11.6 Å². The lowest BCUT2D eigenvalue weighted by Crippen LogP contribution is -2.61. The standard InChI is InChI=1S/C21H25ClN4O3S2/c1-11(27)18-15-6-16(19(20(22)28)26(15)21(18)29)30-14-5-12(23-7-14)3-4-13-8-25-10-24(2)9-17(25)31-13/h3-4,8-9,11-12,14-15,18,23,27H,5-7,10H2,1-2H3/b4-3-/t11-,12-,14+,15+,18-/m1/s1. The third-order valence-electron chi connectivity index (χ3n) is 6.30. The van der Waals surface area contributed by atoms with Crippen LogP contribution in [0.2, 0.25) is 0 Å². The lowest BCUT2D eigenvalue weighted by molar-refractivity contribution is -0.158. The predicted molar refractivity (Wildman–Crippen MR) is 123 cm³/mol. The fourth-order valence-corrected chi connectivity index (χ4v) is 7.63. The molecule has 0 radical (unpaired) electrons. The van der Waals surface area contributed by atoms with Crippen LogP contribution in [0, 0.1) is 5.92 Å². The summed E-state index contributed by atoms with van der Waals surface area (Å²) in [6.45, 7) is 3.36. The zero-order valence-electron chi connectivity index (χ0n) is 17.3. The highest BCUT2D eigenvalue weighted by molar-refractivity contribution is 8.07. The summed E-state index contributed by atoms with van der Waals surface area (Å²) >= 11 is 9.27. The molecule has 166 valence electrons. The van der Waals surface area contributed by atoms with Crippen molar-refractivity contribution in [2.75, 3.05) is 20.3 Å². The van der Waals surface area contributed by atoms with Gasteiger partial charge in [0, 0.05) is 53.5 Å². The van der Waals surface area contributed by atoms with Gasteiger partial charge in [-0.3, -0.25) is 9.59 Å². The molecule has 1 amide bonds. The fraction of sp³-hybridized carbons (Fsp3) is 0.524. The highest BCUT2D eigenvalue weighted by Crippen LogP contribution is 2.49. The maximum absolute atomic E-state index is 12.4. The maximum Gasteiger partial charge on any atom is 0.269 e. The molecule has 5 atom stereocenters. The van der Waals surface area contributed by atoms with Crippen LogP contribution < -0.4 is 5.32 Å². The molecule has 0 unspecified atom stereocenters. The van der Waals surface area contributed by atoms with Gasteiger partial charge in [0.05, 0.1) is 29.8 Å². The van der Waals surface area contributed by atoms with Crippen molar-refractivity contribution in [2.24, 2.45) is 5.92 Å². The largest absolute Gasteiger partial charge is 0.393 e. The Morgan fingerprint density at radius 3 is 2.97 bits per heavy atom. The topological polar surface area (TPSA) is 76.1 Å². The van der Waals surface area contributed by atoms with Crippen molar-refractivity contribution in [2.45, 2.75) is 43.2 Å². The van der Waals surface area contributed by atoms with Gasteiger partial charge >= 0.3 is 0 Å². The molecule has 5 rings (SSSR count). The maximum atomic E-state index is 12.4. The van der Waals surface area contributed by atoms with Crippen molar-refractivity contribution in [3.05, 3.63) is 45.1 Å². The number of halogens is 1. The second-order valence-corrected chi connectivity index (χ2v) is 11.4. The Kier molecular flexibility index (Phi) is 5.67. The number of carbonyl (C=O) groups is 2. The number of fused-ring (bicyclic) bond motifs is 2. The van der Waals surface area contributed by atoms with Gasteiger partial charge in [0.25, 0.3) is 5.24 Å². The number of amides is 1. The van der Waals surface area contributed by atoms with Crippen molar-refractivity contribution in [1.82, 2.24) is 20.0 Å². The number of hydrogen-bond donors (Lipinski definition) is 2. The minimum atomic E-state index is -0.720. The molecule has 31 heavy (non-hydrogen) atoms.